The largest absolute Gasteiger partial charge is 0.451 e. The van der Waals surface area contributed by atoms with Crippen LogP contribution >= 0.6 is 0 Å². The normalized spacial score (nSPS) is 29.2. The number of piperazine rings is 1. The van der Waals surface area contributed by atoms with Crippen molar-refractivity contribution in [1.29, 1.82) is 0 Å². The van der Waals surface area contributed by atoms with Gasteiger partial charge in [0.15, 0.2) is 5.76 Å². The van der Waals surface area contributed by atoms with Crippen LogP contribution in [0.4, 0.5) is 4.79 Å². The summed E-state index contributed by atoms with van der Waals surface area (Å²) in [5.41, 5.74) is -0.0674. The number of benzene rings is 1. The topological polar surface area (TPSA) is 86.1 Å². The number of fused-ring (bicyclic) bond motifs is 1. The first-order valence-corrected chi connectivity index (χ1v) is 11.5. The number of furan rings is 1. The third kappa shape index (κ3) is 3.28. The van der Waals surface area contributed by atoms with Gasteiger partial charge in [0.05, 0.1) is 6.67 Å². The van der Waals surface area contributed by atoms with E-state index >= 15 is 0 Å². The lowest BCUT2D eigenvalue weighted by atomic mass is 9.67. The molecule has 1 aromatic carbocycles. The number of amides is 4. The van der Waals surface area contributed by atoms with Crippen molar-refractivity contribution in [3.05, 3.63) is 36.1 Å². The SMILES string of the molecule is CC1CCCC(C)C12NC(=O)N(CN1CCN(C(=O)c3cc4ccccc4o3)CC1)C2=O. The van der Waals surface area contributed by atoms with Gasteiger partial charge in [-0.05, 0) is 36.8 Å². The Morgan fingerprint density at radius 3 is 2.47 bits per heavy atom. The summed E-state index contributed by atoms with van der Waals surface area (Å²) in [5.74, 6) is 0.385. The van der Waals surface area contributed by atoms with E-state index < -0.39 is 5.54 Å². The standard InChI is InChI=1S/C24H30N4O4/c1-16-6-5-7-17(2)24(16)22(30)28(23(31)25-24)15-26-10-12-27(13-11-26)21(29)20-14-18-8-3-4-9-19(18)32-20/h3-4,8-9,14,16-17H,5-7,10-13,15H2,1-2H3,(H,25,31). The maximum Gasteiger partial charge on any atom is 0.326 e. The van der Waals surface area contributed by atoms with Crippen molar-refractivity contribution in [3.8, 4) is 0 Å². The summed E-state index contributed by atoms with van der Waals surface area (Å²) in [6, 6.07) is 9.06. The Kier molecular flexibility index (Phi) is 5.20. The van der Waals surface area contributed by atoms with E-state index in [2.05, 4.69) is 24.1 Å². The van der Waals surface area contributed by atoms with Crippen molar-refractivity contribution < 1.29 is 18.8 Å². The number of hydrogen-bond acceptors (Lipinski definition) is 5. The lowest BCUT2D eigenvalue weighted by Gasteiger charge is -2.42. The first-order valence-electron chi connectivity index (χ1n) is 11.5. The second-order valence-electron chi connectivity index (χ2n) is 9.47. The van der Waals surface area contributed by atoms with E-state index in [0.29, 0.717) is 37.5 Å². The second kappa shape index (κ2) is 7.92. The minimum atomic E-state index is -0.769. The summed E-state index contributed by atoms with van der Waals surface area (Å²) in [7, 11) is 0. The van der Waals surface area contributed by atoms with Crippen LogP contribution in [0, 0.1) is 11.8 Å². The highest BCUT2D eigenvalue weighted by Crippen LogP contribution is 2.42. The summed E-state index contributed by atoms with van der Waals surface area (Å²) in [5, 5.41) is 3.96. The van der Waals surface area contributed by atoms with Crippen LogP contribution in [0.15, 0.2) is 34.7 Å². The van der Waals surface area contributed by atoms with Gasteiger partial charge >= 0.3 is 6.03 Å². The molecule has 3 fully saturated rings. The van der Waals surface area contributed by atoms with Gasteiger partial charge < -0.3 is 14.6 Å². The van der Waals surface area contributed by atoms with Gasteiger partial charge in [0, 0.05) is 31.6 Å². The molecule has 1 aromatic heterocycles. The number of imide groups is 1. The van der Waals surface area contributed by atoms with Crippen LogP contribution < -0.4 is 5.32 Å². The van der Waals surface area contributed by atoms with E-state index in [-0.39, 0.29) is 36.3 Å². The van der Waals surface area contributed by atoms with E-state index in [4.69, 9.17) is 4.42 Å². The van der Waals surface area contributed by atoms with Crippen molar-refractivity contribution in [3.63, 3.8) is 0 Å². The van der Waals surface area contributed by atoms with Crippen molar-refractivity contribution in [2.75, 3.05) is 32.8 Å². The van der Waals surface area contributed by atoms with Gasteiger partial charge in [-0.2, -0.15) is 0 Å². The predicted molar refractivity (Wildman–Crippen MR) is 119 cm³/mol. The molecular weight excluding hydrogens is 408 g/mol. The monoisotopic (exact) mass is 438 g/mol. The number of nitrogens with zero attached hydrogens (tertiary/aromatic N) is 3. The fraction of sp³-hybridized carbons (Fsp3) is 0.542. The average molecular weight is 439 g/mol. The van der Waals surface area contributed by atoms with E-state index in [1.165, 1.54) is 4.90 Å². The van der Waals surface area contributed by atoms with E-state index in [1.807, 2.05) is 24.3 Å². The number of rotatable bonds is 3. The molecule has 2 unspecified atom stereocenters. The zero-order chi connectivity index (χ0) is 22.5. The first-order chi connectivity index (χ1) is 15.4. The third-order valence-electron chi connectivity index (χ3n) is 7.62. The maximum absolute atomic E-state index is 13.4. The third-order valence-corrected chi connectivity index (χ3v) is 7.62. The van der Waals surface area contributed by atoms with Crippen molar-refractivity contribution in [2.45, 2.75) is 38.6 Å². The molecular formula is C24H30N4O4. The van der Waals surface area contributed by atoms with Crippen LogP contribution in [0.3, 0.4) is 0 Å². The molecule has 1 spiro atoms. The average Bonchev–Trinajstić information content (AvgIpc) is 3.33. The number of urea groups is 1. The molecule has 170 valence electrons. The lowest BCUT2D eigenvalue weighted by Crippen LogP contribution is -2.59. The van der Waals surface area contributed by atoms with E-state index in [9.17, 15) is 14.4 Å². The van der Waals surface area contributed by atoms with E-state index in [0.717, 1.165) is 24.6 Å². The fourth-order valence-electron chi connectivity index (χ4n) is 5.62. The minimum absolute atomic E-state index is 0.0945. The highest BCUT2D eigenvalue weighted by molar-refractivity contribution is 6.07. The second-order valence-corrected chi connectivity index (χ2v) is 9.47. The molecule has 2 atom stereocenters. The molecule has 3 heterocycles. The number of carbonyl (C=O) groups is 3. The molecule has 4 amide bonds. The summed E-state index contributed by atoms with van der Waals surface area (Å²) in [6.45, 7) is 6.65. The van der Waals surface area contributed by atoms with E-state index in [1.54, 1.807) is 11.0 Å². The van der Waals surface area contributed by atoms with Gasteiger partial charge in [0.2, 0.25) is 0 Å². The minimum Gasteiger partial charge on any atom is -0.451 e. The molecule has 5 rings (SSSR count). The quantitative estimate of drug-likeness (QED) is 0.745. The zero-order valence-corrected chi connectivity index (χ0v) is 18.7. The first kappa shape index (κ1) is 21.0. The van der Waals surface area contributed by atoms with Crippen molar-refractivity contribution in [1.82, 2.24) is 20.0 Å². The maximum atomic E-state index is 13.4. The molecule has 3 aliphatic rings. The molecule has 1 aliphatic carbocycles. The molecule has 8 nitrogen and oxygen atoms in total. The van der Waals surface area contributed by atoms with Crippen LogP contribution in [-0.2, 0) is 4.79 Å². The Balaban J connectivity index is 1.22. The van der Waals surface area contributed by atoms with Crippen LogP contribution in [0.1, 0.15) is 43.7 Å². The van der Waals surface area contributed by atoms with Crippen LogP contribution in [0.5, 0.6) is 0 Å². The molecule has 1 N–H and O–H groups in total. The summed E-state index contributed by atoms with van der Waals surface area (Å²) in [4.78, 5) is 44.2. The van der Waals surface area contributed by atoms with Crippen LogP contribution in [-0.4, -0.2) is 70.9 Å². The van der Waals surface area contributed by atoms with Gasteiger partial charge in [0.25, 0.3) is 11.8 Å². The van der Waals surface area contributed by atoms with Gasteiger partial charge in [0.1, 0.15) is 11.1 Å². The van der Waals surface area contributed by atoms with Gasteiger partial charge in [-0.1, -0.05) is 38.5 Å². The zero-order valence-electron chi connectivity index (χ0n) is 18.7. The number of hydrogen-bond donors (Lipinski definition) is 1. The molecule has 0 bridgehead atoms. The summed E-state index contributed by atoms with van der Waals surface area (Å²) in [6.07, 6.45) is 2.99. The molecule has 2 aromatic rings. The van der Waals surface area contributed by atoms with Gasteiger partial charge in [-0.3, -0.25) is 14.5 Å². The highest BCUT2D eigenvalue weighted by Gasteiger charge is 2.58. The van der Waals surface area contributed by atoms with Crippen molar-refractivity contribution in [2.24, 2.45) is 11.8 Å². The highest BCUT2D eigenvalue weighted by atomic mass is 16.3. The summed E-state index contributed by atoms with van der Waals surface area (Å²) >= 11 is 0. The van der Waals surface area contributed by atoms with Gasteiger partial charge in [-0.25, -0.2) is 9.69 Å². The number of para-hydroxylation sites is 1. The van der Waals surface area contributed by atoms with Crippen LogP contribution in [0.25, 0.3) is 11.0 Å². The smallest absolute Gasteiger partial charge is 0.326 e. The van der Waals surface area contributed by atoms with Crippen LogP contribution in [0.2, 0.25) is 0 Å². The Morgan fingerprint density at radius 2 is 1.78 bits per heavy atom. The number of nitrogens with one attached hydrogen (secondary N) is 1. The predicted octanol–water partition coefficient (Wildman–Crippen LogP) is 2.89. The molecule has 2 saturated heterocycles. The Hall–Kier alpha value is -2.87. The molecule has 32 heavy (non-hydrogen) atoms. The number of carbonyl (C=O) groups excluding carboxylic acids is 3. The van der Waals surface area contributed by atoms with Gasteiger partial charge in [-0.15, -0.1) is 0 Å². The lowest BCUT2D eigenvalue weighted by molar-refractivity contribution is -0.138. The summed E-state index contributed by atoms with van der Waals surface area (Å²) < 4.78 is 5.72. The Labute approximate surface area is 187 Å². The molecule has 1 saturated carbocycles. The molecule has 8 heteroatoms. The Morgan fingerprint density at radius 1 is 1.09 bits per heavy atom. The Bertz CT molecular complexity index is 1010. The van der Waals surface area contributed by atoms with Crippen molar-refractivity contribution >= 4 is 28.8 Å². The molecule has 2 aliphatic heterocycles. The fourth-order valence-corrected chi connectivity index (χ4v) is 5.62. The molecule has 0 radical (unpaired) electrons.